The molecule has 0 spiro atoms. The lowest BCUT2D eigenvalue weighted by molar-refractivity contribution is 0.414. The number of benzene rings is 2. The number of anilines is 2. The third kappa shape index (κ3) is 4.22. The lowest BCUT2D eigenvalue weighted by Gasteiger charge is -2.25. The molecule has 6 nitrogen and oxygen atoms in total. The molecule has 1 heterocycles. The summed E-state index contributed by atoms with van der Waals surface area (Å²) in [5, 5.41) is 0. The molecule has 6 heteroatoms. The molecule has 0 radical (unpaired) electrons. The van der Waals surface area contributed by atoms with Gasteiger partial charge in [0, 0.05) is 13.1 Å². The van der Waals surface area contributed by atoms with Crippen molar-refractivity contribution < 1.29 is 9.47 Å². The standard InChI is InChI=1S/C20H22N4O2/c1-25-17-7-3-15(4-8-17)12-24(20-19(21)11-22-14-23-20)13-16-5-9-18(26-2)10-6-16/h3-11,14H,12-13,21H2,1-2H3. The Morgan fingerprint density at radius 1 is 0.846 bits per heavy atom. The molecule has 3 rings (SSSR count). The van der Waals surface area contributed by atoms with Gasteiger partial charge in [0.25, 0.3) is 0 Å². The number of methoxy groups -OCH3 is 2. The lowest BCUT2D eigenvalue weighted by Crippen LogP contribution is -2.24. The molecule has 0 aliphatic rings. The topological polar surface area (TPSA) is 73.5 Å². The van der Waals surface area contributed by atoms with Crippen LogP contribution in [0.3, 0.4) is 0 Å². The molecule has 0 unspecified atom stereocenters. The van der Waals surface area contributed by atoms with E-state index in [1.54, 1.807) is 20.4 Å². The average molecular weight is 350 g/mol. The molecule has 0 saturated carbocycles. The van der Waals surface area contributed by atoms with E-state index in [1.807, 2.05) is 48.5 Å². The fourth-order valence-electron chi connectivity index (χ4n) is 2.71. The van der Waals surface area contributed by atoms with Crippen molar-refractivity contribution in [2.45, 2.75) is 13.1 Å². The number of nitrogen functional groups attached to an aromatic ring is 1. The predicted molar refractivity (Wildman–Crippen MR) is 102 cm³/mol. The first kappa shape index (κ1) is 17.5. The van der Waals surface area contributed by atoms with Gasteiger partial charge in [-0.15, -0.1) is 0 Å². The van der Waals surface area contributed by atoms with Crippen molar-refractivity contribution in [2.24, 2.45) is 0 Å². The predicted octanol–water partition coefficient (Wildman–Crippen LogP) is 3.28. The third-order valence-electron chi connectivity index (χ3n) is 4.08. The largest absolute Gasteiger partial charge is 0.497 e. The van der Waals surface area contributed by atoms with E-state index in [0.717, 1.165) is 22.6 Å². The first-order valence-electron chi connectivity index (χ1n) is 8.26. The van der Waals surface area contributed by atoms with Gasteiger partial charge in [0.1, 0.15) is 17.8 Å². The molecule has 0 atom stereocenters. The maximum absolute atomic E-state index is 6.11. The third-order valence-corrected chi connectivity index (χ3v) is 4.08. The Hall–Kier alpha value is -3.28. The Morgan fingerprint density at radius 3 is 1.77 bits per heavy atom. The molecule has 0 amide bonds. The van der Waals surface area contributed by atoms with Crippen LogP contribution >= 0.6 is 0 Å². The van der Waals surface area contributed by atoms with E-state index >= 15 is 0 Å². The smallest absolute Gasteiger partial charge is 0.155 e. The van der Waals surface area contributed by atoms with Crippen molar-refractivity contribution in [1.82, 2.24) is 9.97 Å². The minimum Gasteiger partial charge on any atom is -0.497 e. The summed E-state index contributed by atoms with van der Waals surface area (Å²) in [6.45, 7) is 1.33. The fourth-order valence-corrected chi connectivity index (χ4v) is 2.71. The van der Waals surface area contributed by atoms with E-state index in [2.05, 4.69) is 14.9 Å². The number of nitrogens with zero attached hydrogens (tertiary/aromatic N) is 3. The molecule has 2 aromatic carbocycles. The number of ether oxygens (including phenoxy) is 2. The zero-order valence-electron chi connectivity index (χ0n) is 14.9. The molecule has 0 bridgehead atoms. The van der Waals surface area contributed by atoms with Crippen LogP contribution in [0.5, 0.6) is 11.5 Å². The number of aromatic nitrogens is 2. The summed E-state index contributed by atoms with van der Waals surface area (Å²) in [6.07, 6.45) is 3.14. The minimum atomic E-state index is 0.550. The van der Waals surface area contributed by atoms with Crippen LogP contribution in [-0.4, -0.2) is 24.2 Å². The first-order chi connectivity index (χ1) is 12.7. The molecule has 2 N–H and O–H groups in total. The molecule has 3 aromatic rings. The maximum atomic E-state index is 6.11. The van der Waals surface area contributed by atoms with Gasteiger partial charge in [-0.1, -0.05) is 24.3 Å². The quantitative estimate of drug-likeness (QED) is 0.705. The van der Waals surface area contributed by atoms with Crippen molar-refractivity contribution in [1.29, 1.82) is 0 Å². The average Bonchev–Trinajstić information content (AvgIpc) is 2.69. The minimum absolute atomic E-state index is 0.550. The van der Waals surface area contributed by atoms with Gasteiger partial charge >= 0.3 is 0 Å². The van der Waals surface area contributed by atoms with Gasteiger partial charge in [-0.25, -0.2) is 9.97 Å². The number of hydrogen-bond acceptors (Lipinski definition) is 6. The van der Waals surface area contributed by atoms with E-state index < -0.39 is 0 Å². The number of hydrogen-bond donors (Lipinski definition) is 1. The Kier molecular flexibility index (Phi) is 5.53. The fraction of sp³-hybridized carbons (Fsp3) is 0.200. The molecule has 0 aliphatic carbocycles. The molecule has 134 valence electrons. The normalized spacial score (nSPS) is 10.4. The lowest BCUT2D eigenvalue weighted by atomic mass is 10.1. The van der Waals surface area contributed by atoms with Crippen molar-refractivity contribution >= 4 is 11.5 Å². The van der Waals surface area contributed by atoms with Crippen molar-refractivity contribution in [3.05, 3.63) is 72.2 Å². The molecule has 26 heavy (non-hydrogen) atoms. The Balaban J connectivity index is 1.86. The van der Waals surface area contributed by atoms with E-state index in [-0.39, 0.29) is 0 Å². The van der Waals surface area contributed by atoms with Gasteiger partial charge in [0.2, 0.25) is 0 Å². The zero-order valence-corrected chi connectivity index (χ0v) is 14.9. The van der Waals surface area contributed by atoms with Gasteiger partial charge in [-0.3, -0.25) is 0 Å². The van der Waals surface area contributed by atoms with Gasteiger partial charge < -0.3 is 20.1 Å². The zero-order chi connectivity index (χ0) is 18.4. The summed E-state index contributed by atoms with van der Waals surface area (Å²) in [6, 6.07) is 16.0. The van der Waals surface area contributed by atoms with Gasteiger partial charge in [0.15, 0.2) is 5.82 Å². The van der Waals surface area contributed by atoms with Gasteiger partial charge in [-0.2, -0.15) is 0 Å². The van der Waals surface area contributed by atoms with Crippen molar-refractivity contribution in [2.75, 3.05) is 24.9 Å². The highest BCUT2D eigenvalue weighted by Gasteiger charge is 2.13. The van der Waals surface area contributed by atoms with Crippen LogP contribution in [0.2, 0.25) is 0 Å². The molecule has 0 aliphatic heterocycles. The second kappa shape index (κ2) is 8.20. The summed E-state index contributed by atoms with van der Waals surface area (Å²) in [7, 11) is 3.32. The SMILES string of the molecule is COc1ccc(CN(Cc2ccc(OC)cc2)c2ncncc2N)cc1. The molecule has 1 aromatic heterocycles. The summed E-state index contributed by atoms with van der Waals surface area (Å²) >= 11 is 0. The van der Waals surface area contributed by atoms with Crippen molar-refractivity contribution in [3.8, 4) is 11.5 Å². The molecule has 0 fully saturated rings. The Morgan fingerprint density at radius 2 is 1.35 bits per heavy atom. The monoisotopic (exact) mass is 350 g/mol. The highest BCUT2D eigenvalue weighted by Crippen LogP contribution is 2.24. The first-order valence-corrected chi connectivity index (χ1v) is 8.26. The molecule has 0 saturated heterocycles. The Labute approximate surface area is 153 Å². The van der Waals surface area contributed by atoms with Gasteiger partial charge in [0.05, 0.1) is 26.1 Å². The van der Waals surface area contributed by atoms with Crippen LogP contribution in [0.1, 0.15) is 11.1 Å². The van der Waals surface area contributed by atoms with E-state index in [9.17, 15) is 0 Å². The molecular weight excluding hydrogens is 328 g/mol. The second-order valence-corrected chi connectivity index (χ2v) is 5.85. The van der Waals surface area contributed by atoms with Crippen LogP contribution in [-0.2, 0) is 13.1 Å². The van der Waals surface area contributed by atoms with Gasteiger partial charge in [-0.05, 0) is 35.4 Å². The van der Waals surface area contributed by atoms with Crippen LogP contribution < -0.4 is 20.1 Å². The summed E-state index contributed by atoms with van der Waals surface area (Å²) < 4.78 is 10.5. The maximum Gasteiger partial charge on any atom is 0.155 e. The van der Waals surface area contributed by atoms with Crippen LogP contribution in [0.15, 0.2) is 61.1 Å². The van der Waals surface area contributed by atoms with Crippen LogP contribution in [0, 0.1) is 0 Å². The number of rotatable bonds is 7. The van der Waals surface area contributed by atoms with E-state index in [0.29, 0.717) is 24.6 Å². The van der Waals surface area contributed by atoms with Crippen molar-refractivity contribution in [3.63, 3.8) is 0 Å². The highest BCUT2D eigenvalue weighted by molar-refractivity contribution is 5.61. The summed E-state index contributed by atoms with van der Waals surface area (Å²) in [4.78, 5) is 10.5. The van der Waals surface area contributed by atoms with Crippen LogP contribution in [0.25, 0.3) is 0 Å². The molecular formula is C20H22N4O2. The number of nitrogens with two attached hydrogens (primary N) is 1. The highest BCUT2D eigenvalue weighted by atomic mass is 16.5. The van der Waals surface area contributed by atoms with Crippen LogP contribution in [0.4, 0.5) is 11.5 Å². The Bertz CT molecular complexity index is 786. The summed E-state index contributed by atoms with van der Waals surface area (Å²) in [5.74, 6) is 2.38. The second-order valence-electron chi connectivity index (χ2n) is 5.85. The summed E-state index contributed by atoms with van der Waals surface area (Å²) in [5.41, 5.74) is 8.94. The van der Waals surface area contributed by atoms with E-state index in [4.69, 9.17) is 15.2 Å². The van der Waals surface area contributed by atoms with E-state index in [1.165, 1.54) is 6.33 Å².